The smallest absolute Gasteiger partial charge is 0.0399 e. The van der Waals surface area contributed by atoms with Gasteiger partial charge in [-0.25, -0.2) is 0 Å². The second-order valence-electron chi connectivity index (χ2n) is 4.53. The quantitative estimate of drug-likeness (QED) is 0.819. The van der Waals surface area contributed by atoms with Gasteiger partial charge in [0.15, 0.2) is 0 Å². The van der Waals surface area contributed by atoms with Gasteiger partial charge in [0, 0.05) is 44.2 Å². The van der Waals surface area contributed by atoms with Crippen molar-refractivity contribution < 1.29 is 0 Å². The van der Waals surface area contributed by atoms with E-state index >= 15 is 0 Å². The van der Waals surface area contributed by atoms with Gasteiger partial charge in [-0.15, -0.1) is 0 Å². The Bertz CT molecular complexity index is 346. The minimum atomic E-state index is 0.964. The third kappa shape index (κ3) is 3.17. The van der Waals surface area contributed by atoms with Gasteiger partial charge in [-0.05, 0) is 18.1 Å². The number of hydrogen-bond acceptors (Lipinski definition) is 3. The number of aryl methyl sites for hydroxylation is 1. The van der Waals surface area contributed by atoms with Crippen LogP contribution in [0.3, 0.4) is 0 Å². The van der Waals surface area contributed by atoms with E-state index in [0.29, 0.717) is 0 Å². The molecule has 1 fully saturated rings. The first kappa shape index (κ1) is 12.8. The standard InChI is InChI=1S/C14H22N2S/c1-2-13-5-3-4-6-14(13)16-9-7-15(8-10-16)11-12-17/h3-6,17H,2,7-12H2,1H3. The molecule has 2 rings (SSSR count). The van der Waals surface area contributed by atoms with Gasteiger partial charge in [-0.2, -0.15) is 12.6 Å². The van der Waals surface area contributed by atoms with Crippen LogP contribution in [0.1, 0.15) is 12.5 Å². The monoisotopic (exact) mass is 250 g/mol. The van der Waals surface area contributed by atoms with Crippen LogP contribution in [0.5, 0.6) is 0 Å². The fourth-order valence-corrected chi connectivity index (χ4v) is 2.75. The van der Waals surface area contributed by atoms with Gasteiger partial charge in [0.1, 0.15) is 0 Å². The average Bonchev–Trinajstić information content (AvgIpc) is 2.40. The fraction of sp³-hybridized carbons (Fsp3) is 0.571. The van der Waals surface area contributed by atoms with E-state index in [2.05, 4.69) is 53.6 Å². The highest BCUT2D eigenvalue weighted by Gasteiger charge is 2.17. The molecule has 1 aliphatic heterocycles. The SMILES string of the molecule is CCc1ccccc1N1CCN(CCS)CC1. The zero-order chi connectivity index (χ0) is 12.1. The Morgan fingerprint density at radius 1 is 1.12 bits per heavy atom. The lowest BCUT2D eigenvalue weighted by Gasteiger charge is -2.36. The number of benzene rings is 1. The van der Waals surface area contributed by atoms with Gasteiger partial charge in [0.05, 0.1) is 0 Å². The Morgan fingerprint density at radius 2 is 1.82 bits per heavy atom. The summed E-state index contributed by atoms with van der Waals surface area (Å²) in [6, 6.07) is 8.79. The molecule has 0 bridgehead atoms. The van der Waals surface area contributed by atoms with Crippen molar-refractivity contribution in [2.45, 2.75) is 13.3 Å². The Morgan fingerprint density at radius 3 is 2.47 bits per heavy atom. The maximum absolute atomic E-state index is 4.30. The lowest BCUT2D eigenvalue weighted by molar-refractivity contribution is 0.273. The minimum Gasteiger partial charge on any atom is -0.369 e. The van der Waals surface area contributed by atoms with Crippen LogP contribution in [0.25, 0.3) is 0 Å². The highest BCUT2D eigenvalue weighted by atomic mass is 32.1. The zero-order valence-corrected chi connectivity index (χ0v) is 11.5. The first-order valence-corrected chi connectivity index (χ1v) is 7.14. The van der Waals surface area contributed by atoms with Gasteiger partial charge >= 0.3 is 0 Å². The largest absolute Gasteiger partial charge is 0.369 e. The number of rotatable bonds is 4. The van der Waals surface area contributed by atoms with Crippen molar-refractivity contribution >= 4 is 18.3 Å². The summed E-state index contributed by atoms with van der Waals surface area (Å²) in [6.45, 7) is 7.97. The molecule has 0 radical (unpaired) electrons. The summed E-state index contributed by atoms with van der Waals surface area (Å²) in [7, 11) is 0. The molecule has 1 heterocycles. The van der Waals surface area contributed by atoms with Crippen LogP contribution < -0.4 is 4.90 Å². The zero-order valence-electron chi connectivity index (χ0n) is 10.6. The normalized spacial score (nSPS) is 17.4. The van der Waals surface area contributed by atoms with Crippen LogP contribution >= 0.6 is 12.6 Å². The molecule has 1 aliphatic rings. The molecule has 3 heteroatoms. The molecule has 94 valence electrons. The molecule has 2 nitrogen and oxygen atoms in total. The van der Waals surface area contributed by atoms with Crippen LogP contribution in [-0.4, -0.2) is 43.4 Å². The lowest BCUT2D eigenvalue weighted by atomic mass is 10.1. The molecule has 0 aromatic heterocycles. The van der Waals surface area contributed by atoms with Crippen LogP contribution in [0, 0.1) is 0 Å². The van der Waals surface area contributed by atoms with E-state index in [9.17, 15) is 0 Å². The summed E-state index contributed by atoms with van der Waals surface area (Å²) < 4.78 is 0. The molecule has 0 saturated carbocycles. The van der Waals surface area contributed by atoms with E-state index in [0.717, 1.165) is 31.8 Å². The number of piperazine rings is 1. The summed E-state index contributed by atoms with van der Waals surface area (Å²) in [5.74, 6) is 0.964. The van der Waals surface area contributed by atoms with Gasteiger partial charge in [0.25, 0.3) is 0 Å². The van der Waals surface area contributed by atoms with Crippen molar-refractivity contribution in [2.24, 2.45) is 0 Å². The molecule has 0 spiro atoms. The second kappa shape index (κ2) is 6.31. The second-order valence-corrected chi connectivity index (χ2v) is 4.98. The predicted octanol–water partition coefficient (Wildman–Crippen LogP) is 2.30. The van der Waals surface area contributed by atoms with Gasteiger partial charge in [-0.1, -0.05) is 25.1 Å². The molecule has 0 amide bonds. The molecule has 0 N–H and O–H groups in total. The average molecular weight is 250 g/mol. The van der Waals surface area contributed by atoms with Gasteiger partial charge < -0.3 is 4.90 Å². The van der Waals surface area contributed by atoms with Crippen molar-refractivity contribution in [3.8, 4) is 0 Å². The van der Waals surface area contributed by atoms with Crippen LogP contribution in [0.15, 0.2) is 24.3 Å². The van der Waals surface area contributed by atoms with Crippen molar-refractivity contribution in [3.63, 3.8) is 0 Å². The maximum Gasteiger partial charge on any atom is 0.0399 e. The summed E-state index contributed by atoms with van der Waals surface area (Å²) in [5.41, 5.74) is 2.90. The van der Waals surface area contributed by atoms with Crippen LogP contribution in [0.2, 0.25) is 0 Å². The maximum atomic E-state index is 4.30. The van der Waals surface area contributed by atoms with Crippen molar-refractivity contribution in [3.05, 3.63) is 29.8 Å². The number of thiol groups is 1. The summed E-state index contributed by atoms with van der Waals surface area (Å²) in [6.07, 6.45) is 1.12. The molecule has 0 unspecified atom stereocenters. The van der Waals surface area contributed by atoms with Crippen molar-refractivity contribution in [1.29, 1.82) is 0 Å². The van der Waals surface area contributed by atoms with E-state index in [1.807, 2.05) is 0 Å². The van der Waals surface area contributed by atoms with Gasteiger partial charge in [-0.3, -0.25) is 4.90 Å². The summed E-state index contributed by atoms with van der Waals surface area (Å²) in [4.78, 5) is 5.02. The van der Waals surface area contributed by atoms with Crippen LogP contribution in [-0.2, 0) is 6.42 Å². The molecule has 0 aliphatic carbocycles. The van der Waals surface area contributed by atoms with E-state index in [1.54, 1.807) is 0 Å². The number of para-hydroxylation sites is 1. The Balaban J connectivity index is 2.00. The fourth-order valence-electron chi connectivity index (χ4n) is 2.47. The molecular formula is C14H22N2S. The van der Waals surface area contributed by atoms with E-state index in [4.69, 9.17) is 0 Å². The van der Waals surface area contributed by atoms with E-state index in [-0.39, 0.29) is 0 Å². The number of anilines is 1. The summed E-state index contributed by atoms with van der Waals surface area (Å²) in [5, 5.41) is 0. The molecule has 17 heavy (non-hydrogen) atoms. The first-order chi connectivity index (χ1) is 8.35. The van der Waals surface area contributed by atoms with Crippen LogP contribution in [0.4, 0.5) is 5.69 Å². The molecule has 1 aromatic carbocycles. The first-order valence-electron chi connectivity index (χ1n) is 6.51. The third-order valence-electron chi connectivity index (χ3n) is 3.50. The Hall–Kier alpha value is -0.670. The molecule has 1 saturated heterocycles. The topological polar surface area (TPSA) is 6.48 Å². The summed E-state index contributed by atoms with van der Waals surface area (Å²) >= 11 is 4.30. The third-order valence-corrected chi connectivity index (χ3v) is 3.70. The predicted molar refractivity (Wildman–Crippen MR) is 78.3 cm³/mol. The lowest BCUT2D eigenvalue weighted by Crippen LogP contribution is -2.47. The number of nitrogens with zero attached hydrogens (tertiary/aromatic N) is 2. The Kier molecular flexibility index (Phi) is 4.75. The minimum absolute atomic E-state index is 0.964. The van der Waals surface area contributed by atoms with Crippen molar-refractivity contribution in [1.82, 2.24) is 4.90 Å². The van der Waals surface area contributed by atoms with Crippen molar-refractivity contribution in [2.75, 3.05) is 43.4 Å². The molecule has 1 aromatic rings. The molecular weight excluding hydrogens is 228 g/mol. The van der Waals surface area contributed by atoms with Gasteiger partial charge in [0.2, 0.25) is 0 Å². The van der Waals surface area contributed by atoms with E-state index < -0.39 is 0 Å². The number of hydrogen-bond donors (Lipinski definition) is 1. The highest BCUT2D eigenvalue weighted by Crippen LogP contribution is 2.22. The molecule has 0 atom stereocenters. The Labute approximate surface area is 110 Å². The highest BCUT2D eigenvalue weighted by molar-refractivity contribution is 7.80. The van der Waals surface area contributed by atoms with E-state index in [1.165, 1.54) is 24.3 Å².